The van der Waals surface area contributed by atoms with E-state index in [1.54, 1.807) is 6.07 Å². The van der Waals surface area contributed by atoms with Crippen LogP contribution in [0.2, 0.25) is 0 Å². The minimum absolute atomic E-state index is 0.540. The van der Waals surface area contributed by atoms with Gasteiger partial charge in [0.25, 0.3) is 0 Å². The number of hydrogen-bond acceptors (Lipinski definition) is 3. The maximum Gasteiger partial charge on any atom is 0.124 e. The Kier molecular flexibility index (Phi) is 4.01. The van der Waals surface area contributed by atoms with E-state index in [0.29, 0.717) is 11.9 Å². The summed E-state index contributed by atoms with van der Waals surface area (Å²) in [6, 6.07) is 23.6. The number of nitrogens with zero attached hydrogens (tertiary/aromatic N) is 1. The topological polar surface area (TPSA) is 50.9 Å². The summed E-state index contributed by atoms with van der Waals surface area (Å²) in [5.74, 6) is 0.555. The normalized spacial score (nSPS) is 13.8. The smallest absolute Gasteiger partial charge is 0.124 e. The van der Waals surface area contributed by atoms with E-state index in [0.717, 1.165) is 30.6 Å². The zero-order valence-corrected chi connectivity index (χ0v) is 13.6. The predicted octanol–water partition coefficient (Wildman–Crippen LogP) is 3.59. The number of nitrogens with one attached hydrogen (secondary N) is 1. The highest BCUT2D eigenvalue weighted by molar-refractivity contribution is 5.61. The van der Waals surface area contributed by atoms with Gasteiger partial charge in [0.1, 0.15) is 5.82 Å². The van der Waals surface area contributed by atoms with Crippen molar-refractivity contribution >= 4 is 5.82 Å². The van der Waals surface area contributed by atoms with Gasteiger partial charge in [0, 0.05) is 18.2 Å². The van der Waals surface area contributed by atoms with E-state index < -0.39 is 0 Å². The third kappa shape index (κ3) is 3.17. The number of rotatable bonds is 4. The molecule has 2 aromatic carbocycles. The van der Waals surface area contributed by atoms with Crippen molar-refractivity contribution in [1.82, 2.24) is 10.3 Å². The maximum atomic E-state index is 5.76. The van der Waals surface area contributed by atoms with E-state index in [4.69, 9.17) is 5.73 Å². The van der Waals surface area contributed by atoms with Crippen LogP contribution >= 0.6 is 0 Å². The molecule has 0 amide bonds. The first-order valence-corrected chi connectivity index (χ1v) is 8.40. The number of anilines is 1. The molecule has 1 aromatic heterocycles. The maximum absolute atomic E-state index is 5.76. The molecule has 0 bridgehead atoms. The average molecular weight is 315 g/mol. The van der Waals surface area contributed by atoms with Crippen LogP contribution in [0.25, 0.3) is 11.3 Å². The molecule has 0 saturated heterocycles. The van der Waals surface area contributed by atoms with Crippen molar-refractivity contribution in [3.8, 4) is 11.3 Å². The lowest BCUT2D eigenvalue weighted by Crippen LogP contribution is -2.28. The second-order valence-electron chi connectivity index (χ2n) is 6.40. The van der Waals surface area contributed by atoms with Gasteiger partial charge in [-0.1, -0.05) is 54.6 Å². The molecule has 3 heteroatoms. The molecule has 3 nitrogen and oxygen atoms in total. The molecule has 4 rings (SSSR count). The fraction of sp³-hybridized carbons (Fsp3) is 0.190. The van der Waals surface area contributed by atoms with Crippen molar-refractivity contribution in [3.05, 3.63) is 83.4 Å². The third-order valence-electron chi connectivity index (χ3n) is 4.67. The molecule has 1 aliphatic carbocycles. The molecule has 0 atom stereocenters. The van der Waals surface area contributed by atoms with Crippen molar-refractivity contribution < 1.29 is 0 Å². The first-order valence-electron chi connectivity index (χ1n) is 8.40. The summed E-state index contributed by atoms with van der Waals surface area (Å²) in [4.78, 5) is 4.37. The number of hydrogen-bond donors (Lipinski definition) is 2. The Hall–Kier alpha value is -2.65. The van der Waals surface area contributed by atoms with Crippen molar-refractivity contribution in [2.24, 2.45) is 0 Å². The molecule has 3 N–H and O–H groups in total. The summed E-state index contributed by atoms with van der Waals surface area (Å²) < 4.78 is 0. The highest BCUT2D eigenvalue weighted by Gasteiger charge is 2.19. The predicted molar refractivity (Wildman–Crippen MR) is 98.6 cm³/mol. The number of aromatic nitrogens is 1. The molecule has 1 aliphatic rings. The van der Waals surface area contributed by atoms with Crippen LogP contribution in [-0.2, 0) is 19.4 Å². The van der Waals surface area contributed by atoms with Gasteiger partial charge >= 0.3 is 0 Å². The Morgan fingerprint density at radius 3 is 2.25 bits per heavy atom. The molecule has 120 valence electrons. The molecule has 0 spiro atoms. The van der Waals surface area contributed by atoms with Gasteiger partial charge in [-0.15, -0.1) is 0 Å². The molecule has 1 heterocycles. The summed E-state index contributed by atoms with van der Waals surface area (Å²) in [5.41, 5.74) is 12.0. The minimum Gasteiger partial charge on any atom is -0.384 e. The van der Waals surface area contributed by atoms with E-state index in [9.17, 15) is 0 Å². The van der Waals surface area contributed by atoms with Gasteiger partial charge in [0.2, 0.25) is 0 Å². The van der Waals surface area contributed by atoms with Crippen molar-refractivity contribution in [2.75, 3.05) is 5.73 Å². The molecule has 0 unspecified atom stereocenters. The first-order chi connectivity index (χ1) is 11.8. The van der Waals surface area contributed by atoms with Crippen molar-refractivity contribution in [3.63, 3.8) is 0 Å². The molecule has 0 saturated carbocycles. The zero-order valence-electron chi connectivity index (χ0n) is 13.6. The van der Waals surface area contributed by atoms with Crippen LogP contribution in [0.5, 0.6) is 0 Å². The van der Waals surface area contributed by atoms with Crippen LogP contribution in [0.1, 0.15) is 16.7 Å². The van der Waals surface area contributed by atoms with Crippen LogP contribution in [0.3, 0.4) is 0 Å². The second-order valence-corrected chi connectivity index (χ2v) is 6.40. The summed E-state index contributed by atoms with van der Waals surface area (Å²) in [6.07, 6.45) is 2.25. The summed E-state index contributed by atoms with van der Waals surface area (Å²) >= 11 is 0. The monoisotopic (exact) mass is 315 g/mol. The highest BCUT2D eigenvalue weighted by atomic mass is 14.9. The Labute approximate surface area is 142 Å². The SMILES string of the molecule is Nc1cccc(-c2ccc(CNC3Cc4ccccc4C3)cc2)n1. The summed E-state index contributed by atoms with van der Waals surface area (Å²) in [6.45, 7) is 0.892. The Morgan fingerprint density at radius 2 is 1.58 bits per heavy atom. The number of nitrogen functional groups attached to an aromatic ring is 1. The lowest BCUT2D eigenvalue weighted by molar-refractivity contribution is 0.533. The second kappa shape index (κ2) is 6.46. The molecule has 24 heavy (non-hydrogen) atoms. The molecule has 0 fully saturated rings. The number of benzene rings is 2. The molecular weight excluding hydrogens is 294 g/mol. The van der Waals surface area contributed by atoms with Gasteiger partial charge in [-0.3, -0.25) is 0 Å². The van der Waals surface area contributed by atoms with Crippen LogP contribution < -0.4 is 11.1 Å². The van der Waals surface area contributed by atoms with E-state index in [-0.39, 0.29) is 0 Å². The van der Waals surface area contributed by atoms with E-state index in [1.807, 2.05) is 12.1 Å². The number of nitrogens with two attached hydrogens (primary N) is 1. The van der Waals surface area contributed by atoms with E-state index >= 15 is 0 Å². The van der Waals surface area contributed by atoms with E-state index in [2.05, 4.69) is 58.8 Å². The molecular formula is C21H21N3. The highest BCUT2D eigenvalue weighted by Crippen LogP contribution is 2.22. The van der Waals surface area contributed by atoms with Gasteiger partial charge in [0.05, 0.1) is 5.69 Å². The Bertz CT molecular complexity index is 815. The van der Waals surface area contributed by atoms with Crippen LogP contribution in [-0.4, -0.2) is 11.0 Å². The van der Waals surface area contributed by atoms with Crippen molar-refractivity contribution in [1.29, 1.82) is 0 Å². The fourth-order valence-corrected chi connectivity index (χ4v) is 3.37. The van der Waals surface area contributed by atoms with Gasteiger partial charge < -0.3 is 11.1 Å². The fourth-order valence-electron chi connectivity index (χ4n) is 3.37. The first kappa shape index (κ1) is 14.9. The average Bonchev–Trinajstić information content (AvgIpc) is 3.03. The van der Waals surface area contributed by atoms with Gasteiger partial charge in [-0.25, -0.2) is 4.98 Å². The number of pyridine rings is 1. The van der Waals surface area contributed by atoms with E-state index in [1.165, 1.54) is 16.7 Å². The van der Waals surface area contributed by atoms with Crippen LogP contribution in [0.4, 0.5) is 5.82 Å². The Balaban J connectivity index is 1.38. The minimum atomic E-state index is 0.540. The quantitative estimate of drug-likeness (QED) is 0.773. The van der Waals surface area contributed by atoms with Gasteiger partial charge in [-0.05, 0) is 41.7 Å². The van der Waals surface area contributed by atoms with Gasteiger partial charge in [0.15, 0.2) is 0 Å². The lowest BCUT2D eigenvalue weighted by Gasteiger charge is -2.12. The standard InChI is InChI=1S/C21H21N3/c22-21-7-3-6-20(24-21)16-10-8-15(9-11-16)14-23-19-12-17-4-1-2-5-18(17)13-19/h1-11,19,23H,12-14H2,(H2,22,24). The number of fused-ring (bicyclic) bond motifs is 1. The van der Waals surface area contributed by atoms with Crippen LogP contribution in [0.15, 0.2) is 66.7 Å². The summed E-state index contributed by atoms with van der Waals surface area (Å²) in [5, 5.41) is 3.68. The van der Waals surface area contributed by atoms with Crippen LogP contribution in [0, 0.1) is 0 Å². The molecule has 0 aliphatic heterocycles. The molecule has 0 radical (unpaired) electrons. The summed E-state index contributed by atoms with van der Waals surface area (Å²) in [7, 11) is 0. The Morgan fingerprint density at radius 1 is 0.875 bits per heavy atom. The largest absolute Gasteiger partial charge is 0.384 e. The van der Waals surface area contributed by atoms with Crippen molar-refractivity contribution in [2.45, 2.75) is 25.4 Å². The molecule has 3 aromatic rings. The zero-order chi connectivity index (χ0) is 16.4. The third-order valence-corrected chi connectivity index (χ3v) is 4.67. The lowest BCUT2D eigenvalue weighted by atomic mass is 10.1. The van der Waals surface area contributed by atoms with Gasteiger partial charge in [-0.2, -0.15) is 0 Å².